The van der Waals surface area contributed by atoms with Gasteiger partial charge in [0.2, 0.25) is 0 Å². The van der Waals surface area contributed by atoms with Crippen LogP contribution >= 0.6 is 0 Å². The minimum atomic E-state index is -0.467. The number of Topliss-reactive ketones (excluding diaryl/α,β-unsaturated/α-hetero) is 1. The van der Waals surface area contributed by atoms with Crippen molar-refractivity contribution < 1.29 is 19.4 Å². The van der Waals surface area contributed by atoms with Crippen LogP contribution in [0.4, 0.5) is 0 Å². The summed E-state index contributed by atoms with van der Waals surface area (Å²) in [5.41, 5.74) is 0.142. The fourth-order valence-electron chi connectivity index (χ4n) is 1.03. The molecule has 0 fully saturated rings. The van der Waals surface area contributed by atoms with Crippen molar-refractivity contribution in [1.29, 1.82) is 0 Å². The Balaban J connectivity index is 3.06. The first-order valence-electron chi connectivity index (χ1n) is 4.03. The van der Waals surface area contributed by atoms with Crippen molar-refractivity contribution in [3.63, 3.8) is 0 Å². The van der Waals surface area contributed by atoms with Gasteiger partial charge in [0.1, 0.15) is 11.5 Å². The average Bonchev–Trinajstić information content (AvgIpc) is 2.07. The molecule has 0 aliphatic heterocycles. The van der Waals surface area contributed by atoms with Crippen molar-refractivity contribution in [3.05, 3.63) is 23.8 Å². The van der Waals surface area contributed by atoms with Crippen molar-refractivity contribution in [2.45, 2.75) is 13.8 Å². The molecule has 0 aliphatic carbocycles. The SMILES string of the molecule is CC(=O)Oc1ccc(O)c(C(C)=O)c1. The van der Waals surface area contributed by atoms with E-state index in [0.29, 0.717) is 0 Å². The van der Waals surface area contributed by atoms with Crippen LogP contribution in [-0.2, 0) is 4.79 Å². The van der Waals surface area contributed by atoms with Crippen LogP contribution in [0.15, 0.2) is 18.2 Å². The molecule has 0 atom stereocenters. The Labute approximate surface area is 81.1 Å². The Hall–Kier alpha value is -1.84. The molecule has 0 amide bonds. The zero-order chi connectivity index (χ0) is 10.7. The molecule has 1 rings (SSSR count). The quantitative estimate of drug-likeness (QED) is 0.440. The first-order valence-corrected chi connectivity index (χ1v) is 4.03. The van der Waals surface area contributed by atoms with Gasteiger partial charge in [-0.3, -0.25) is 9.59 Å². The summed E-state index contributed by atoms with van der Waals surface area (Å²) in [6, 6.07) is 4.07. The Morgan fingerprint density at radius 1 is 1.29 bits per heavy atom. The van der Waals surface area contributed by atoms with Crippen LogP contribution in [0.1, 0.15) is 24.2 Å². The molecule has 0 radical (unpaired) electrons. The number of carbonyl (C=O) groups excluding carboxylic acids is 2. The fraction of sp³-hybridized carbons (Fsp3) is 0.200. The lowest BCUT2D eigenvalue weighted by Crippen LogP contribution is -2.02. The van der Waals surface area contributed by atoms with E-state index in [1.807, 2.05) is 0 Å². The molecule has 0 aliphatic rings. The summed E-state index contributed by atoms with van der Waals surface area (Å²) in [6.45, 7) is 2.59. The second-order valence-electron chi connectivity index (χ2n) is 2.83. The van der Waals surface area contributed by atoms with Crippen molar-refractivity contribution >= 4 is 11.8 Å². The number of carbonyl (C=O) groups is 2. The smallest absolute Gasteiger partial charge is 0.308 e. The van der Waals surface area contributed by atoms with Gasteiger partial charge in [0, 0.05) is 6.92 Å². The van der Waals surface area contributed by atoms with E-state index in [4.69, 9.17) is 4.74 Å². The highest BCUT2D eigenvalue weighted by atomic mass is 16.5. The molecule has 0 saturated carbocycles. The summed E-state index contributed by atoms with van der Waals surface area (Å²) >= 11 is 0. The molecule has 0 saturated heterocycles. The molecule has 0 bridgehead atoms. The maximum absolute atomic E-state index is 11.0. The Morgan fingerprint density at radius 2 is 1.93 bits per heavy atom. The number of phenolic OH excluding ortho intramolecular Hbond substituents is 1. The highest BCUT2D eigenvalue weighted by Crippen LogP contribution is 2.23. The van der Waals surface area contributed by atoms with Crippen LogP contribution < -0.4 is 4.74 Å². The number of esters is 1. The van der Waals surface area contributed by atoms with Crippen LogP contribution in [0.5, 0.6) is 11.5 Å². The number of ketones is 1. The molecule has 0 spiro atoms. The van der Waals surface area contributed by atoms with Gasteiger partial charge in [0.15, 0.2) is 5.78 Å². The Morgan fingerprint density at radius 3 is 2.43 bits per heavy atom. The van der Waals surface area contributed by atoms with Gasteiger partial charge in [-0.25, -0.2) is 0 Å². The molecule has 14 heavy (non-hydrogen) atoms. The standard InChI is InChI=1S/C10H10O4/c1-6(11)9-5-8(14-7(2)12)3-4-10(9)13/h3-5,13H,1-2H3. The van der Waals surface area contributed by atoms with Gasteiger partial charge in [-0.2, -0.15) is 0 Å². The number of hydrogen-bond donors (Lipinski definition) is 1. The van der Waals surface area contributed by atoms with Gasteiger partial charge in [-0.15, -0.1) is 0 Å². The summed E-state index contributed by atoms with van der Waals surface area (Å²) in [7, 11) is 0. The molecule has 0 aromatic heterocycles. The number of ether oxygens (including phenoxy) is 1. The molecule has 4 nitrogen and oxygen atoms in total. The van der Waals surface area contributed by atoms with Gasteiger partial charge < -0.3 is 9.84 Å². The van der Waals surface area contributed by atoms with Crippen molar-refractivity contribution in [1.82, 2.24) is 0 Å². The predicted molar refractivity (Wildman–Crippen MR) is 49.4 cm³/mol. The van der Waals surface area contributed by atoms with E-state index in [2.05, 4.69) is 0 Å². The highest BCUT2D eigenvalue weighted by molar-refractivity contribution is 5.97. The maximum atomic E-state index is 11.0. The molecule has 1 N–H and O–H groups in total. The largest absolute Gasteiger partial charge is 0.507 e. The molecule has 0 unspecified atom stereocenters. The van der Waals surface area contributed by atoms with E-state index in [1.165, 1.54) is 32.0 Å². The zero-order valence-corrected chi connectivity index (χ0v) is 7.90. The van der Waals surface area contributed by atoms with Crippen molar-refractivity contribution in [2.75, 3.05) is 0 Å². The van der Waals surface area contributed by atoms with Gasteiger partial charge in [-0.1, -0.05) is 0 Å². The lowest BCUT2D eigenvalue weighted by atomic mass is 10.1. The number of phenols is 1. The second kappa shape index (κ2) is 3.91. The summed E-state index contributed by atoms with van der Waals surface area (Å²) in [6.07, 6.45) is 0. The minimum Gasteiger partial charge on any atom is -0.507 e. The van der Waals surface area contributed by atoms with Crippen LogP contribution in [0.2, 0.25) is 0 Å². The lowest BCUT2D eigenvalue weighted by molar-refractivity contribution is -0.131. The van der Waals surface area contributed by atoms with E-state index in [0.717, 1.165) is 0 Å². The predicted octanol–water partition coefficient (Wildman–Crippen LogP) is 1.52. The minimum absolute atomic E-state index is 0.117. The van der Waals surface area contributed by atoms with E-state index < -0.39 is 5.97 Å². The van der Waals surface area contributed by atoms with Crippen LogP contribution in [0.25, 0.3) is 0 Å². The molecule has 74 valence electrons. The summed E-state index contributed by atoms with van der Waals surface area (Å²) < 4.78 is 4.76. The monoisotopic (exact) mass is 194 g/mol. The van der Waals surface area contributed by atoms with Gasteiger partial charge >= 0.3 is 5.97 Å². The number of aromatic hydroxyl groups is 1. The molecular weight excluding hydrogens is 184 g/mol. The van der Waals surface area contributed by atoms with Gasteiger partial charge in [0.05, 0.1) is 5.56 Å². The van der Waals surface area contributed by atoms with Crippen molar-refractivity contribution in [3.8, 4) is 11.5 Å². The van der Waals surface area contributed by atoms with Gasteiger partial charge in [-0.05, 0) is 25.1 Å². The second-order valence-corrected chi connectivity index (χ2v) is 2.83. The molecule has 1 aromatic rings. The van der Waals surface area contributed by atoms with E-state index in [9.17, 15) is 14.7 Å². The lowest BCUT2D eigenvalue weighted by Gasteiger charge is -2.04. The van der Waals surface area contributed by atoms with Crippen LogP contribution in [0.3, 0.4) is 0 Å². The average molecular weight is 194 g/mol. The third-order valence-electron chi connectivity index (χ3n) is 1.61. The third-order valence-corrected chi connectivity index (χ3v) is 1.61. The van der Waals surface area contributed by atoms with Crippen LogP contribution in [0, 0.1) is 0 Å². The molecular formula is C10H10O4. The zero-order valence-electron chi connectivity index (χ0n) is 7.90. The normalized spacial score (nSPS) is 9.57. The van der Waals surface area contributed by atoms with Gasteiger partial charge in [0.25, 0.3) is 0 Å². The number of benzene rings is 1. The first kappa shape index (κ1) is 10.2. The van der Waals surface area contributed by atoms with E-state index >= 15 is 0 Å². The number of hydrogen-bond acceptors (Lipinski definition) is 4. The topological polar surface area (TPSA) is 63.6 Å². The third kappa shape index (κ3) is 2.32. The highest BCUT2D eigenvalue weighted by Gasteiger charge is 2.08. The fourth-order valence-corrected chi connectivity index (χ4v) is 1.03. The number of rotatable bonds is 2. The van der Waals surface area contributed by atoms with E-state index in [1.54, 1.807) is 0 Å². The Bertz CT molecular complexity index is 382. The first-order chi connectivity index (χ1) is 6.50. The van der Waals surface area contributed by atoms with Crippen molar-refractivity contribution in [2.24, 2.45) is 0 Å². The molecule has 0 heterocycles. The summed E-state index contributed by atoms with van der Waals surface area (Å²) in [4.78, 5) is 21.6. The van der Waals surface area contributed by atoms with Crippen LogP contribution in [-0.4, -0.2) is 16.9 Å². The summed E-state index contributed by atoms with van der Waals surface area (Å²) in [5, 5.41) is 9.28. The summed E-state index contributed by atoms with van der Waals surface area (Å²) in [5.74, 6) is -0.615. The van der Waals surface area contributed by atoms with E-state index in [-0.39, 0.29) is 22.8 Å². The molecule has 1 aromatic carbocycles. The molecule has 4 heteroatoms. The Kier molecular flexibility index (Phi) is 2.86. The maximum Gasteiger partial charge on any atom is 0.308 e.